The van der Waals surface area contributed by atoms with E-state index in [1.807, 2.05) is 0 Å². The Bertz CT molecular complexity index is 544. The van der Waals surface area contributed by atoms with E-state index in [2.05, 4.69) is 13.2 Å². The van der Waals surface area contributed by atoms with Gasteiger partial charge in [0.1, 0.15) is 0 Å². The minimum Gasteiger partial charge on any atom is -0.456 e. The molecule has 0 N–H and O–H groups in total. The van der Waals surface area contributed by atoms with Gasteiger partial charge in [0.05, 0.1) is 12.7 Å². The molecule has 8 heteroatoms. The molecule has 1 rings (SSSR count). The highest BCUT2D eigenvalue weighted by Crippen LogP contribution is 2.27. The zero-order valence-corrected chi connectivity index (χ0v) is 16.1. The zero-order chi connectivity index (χ0) is 20.4. The van der Waals surface area contributed by atoms with Crippen molar-refractivity contribution >= 4 is 17.9 Å². The lowest BCUT2D eigenvalue weighted by atomic mass is 10.0. The van der Waals surface area contributed by atoms with Crippen LogP contribution in [0.5, 0.6) is 0 Å². The molecule has 1 saturated heterocycles. The maximum Gasteiger partial charge on any atom is 0.303 e. The van der Waals surface area contributed by atoms with Gasteiger partial charge in [-0.3, -0.25) is 14.4 Å². The fourth-order valence-electron chi connectivity index (χ4n) is 2.70. The Kier molecular flexibility index (Phi) is 9.74. The van der Waals surface area contributed by atoms with E-state index in [1.54, 1.807) is 12.2 Å². The second-order valence-corrected chi connectivity index (χ2v) is 6.13. The van der Waals surface area contributed by atoms with Gasteiger partial charge in [-0.15, -0.1) is 13.2 Å². The number of esters is 3. The van der Waals surface area contributed by atoms with Crippen LogP contribution in [-0.4, -0.2) is 55.2 Å². The van der Waals surface area contributed by atoms with Crippen molar-refractivity contribution in [2.24, 2.45) is 0 Å². The average Bonchev–Trinajstić information content (AvgIpc) is 2.57. The number of unbranched alkanes of at least 4 members (excludes halogenated alkanes) is 1. The van der Waals surface area contributed by atoms with Gasteiger partial charge in [0.25, 0.3) is 0 Å². The molecule has 152 valence electrons. The van der Waals surface area contributed by atoms with Crippen LogP contribution in [0.25, 0.3) is 0 Å². The molecule has 0 spiro atoms. The molecule has 1 unspecified atom stereocenters. The number of carbonyl (C=O) groups is 3. The van der Waals surface area contributed by atoms with Gasteiger partial charge in [0.15, 0.2) is 24.6 Å². The van der Waals surface area contributed by atoms with Gasteiger partial charge in [-0.05, 0) is 19.3 Å². The van der Waals surface area contributed by atoms with E-state index in [-0.39, 0.29) is 12.7 Å². The first-order valence-electron chi connectivity index (χ1n) is 8.80. The smallest absolute Gasteiger partial charge is 0.303 e. The summed E-state index contributed by atoms with van der Waals surface area (Å²) in [5, 5.41) is 0. The van der Waals surface area contributed by atoms with Gasteiger partial charge >= 0.3 is 17.9 Å². The highest BCUT2D eigenvalue weighted by atomic mass is 16.7. The quantitative estimate of drug-likeness (QED) is 0.244. The van der Waals surface area contributed by atoms with Gasteiger partial charge in [0.2, 0.25) is 0 Å². The fourth-order valence-corrected chi connectivity index (χ4v) is 2.70. The lowest BCUT2D eigenvalue weighted by Gasteiger charge is -2.41. The summed E-state index contributed by atoms with van der Waals surface area (Å²) in [4.78, 5) is 34.4. The monoisotopic (exact) mass is 384 g/mol. The van der Waals surface area contributed by atoms with Gasteiger partial charge in [-0.2, -0.15) is 0 Å². The van der Waals surface area contributed by atoms with E-state index < -0.39 is 42.5 Å². The number of allylic oxidation sites excluding steroid dienone is 1. The van der Waals surface area contributed by atoms with E-state index in [1.165, 1.54) is 20.8 Å². The summed E-state index contributed by atoms with van der Waals surface area (Å²) in [6, 6.07) is 0. The largest absolute Gasteiger partial charge is 0.456 e. The zero-order valence-electron chi connectivity index (χ0n) is 16.1. The van der Waals surface area contributed by atoms with E-state index in [0.29, 0.717) is 6.42 Å². The van der Waals surface area contributed by atoms with Crippen molar-refractivity contribution in [2.75, 3.05) is 6.61 Å². The Balaban J connectivity index is 2.98. The summed E-state index contributed by atoms with van der Waals surface area (Å²) in [7, 11) is 0. The highest BCUT2D eigenvalue weighted by Gasteiger charge is 2.48. The maximum atomic E-state index is 11.6. The van der Waals surface area contributed by atoms with Crippen molar-refractivity contribution in [3.63, 3.8) is 0 Å². The minimum atomic E-state index is -1.09. The van der Waals surface area contributed by atoms with Crippen molar-refractivity contribution in [2.45, 2.75) is 70.7 Å². The van der Waals surface area contributed by atoms with Crippen molar-refractivity contribution < 1.29 is 38.1 Å². The SMILES string of the molecule is C=CCCCC(C=C)O[C@H]1OC[C@@H](OC(C)=O)[C@H](OC(C)=O)[C@H]1OC(C)=O. The number of hydrogen-bond donors (Lipinski definition) is 0. The number of carbonyl (C=O) groups excluding carboxylic acids is 3. The molecular weight excluding hydrogens is 356 g/mol. The molecule has 1 fully saturated rings. The van der Waals surface area contributed by atoms with Crippen molar-refractivity contribution in [3.8, 4) is 0 Å². The van der Waals surface area contributed by atoms with Crippen LogP contribution in [0.3, 0.4) is 0 Å². The van der Waals surface area contributed by atoms with Gasteiger partial charge < -0.3 is 23.7 Å². The molecule has 8 nitrogen and oxygen atoms in total. The lowest BCUT2D eigenvalue weighted by Crippen LogP contribution is -2.58. The minimum absolute atomic E-state index is 0.0729. The van der Waals surface area contributed by atoms with E-state index in [9.17, 15) is 14.4 Å². The third-order valence-corrected chi connectivity index (χ3v) is 3.77. The molecule has 0 aliphatic carbocycles. The summed E-state index contributed by atoms with van der Waals surface area (Å²) < 4.78 is 27.2. The predicted molar refractivity (Wildman–Crippen MR) is 95.5 cm³/mol. The number of ether oxygens (including phenoxy) is 5. The van der Waals surface area contributed by atoms with Crippen molar-refractivity contribution in [1.82, 2.24) is 0 Å². The van der Waals surface area contributed by atoms with Crippen LogP contribution in [0.2, 0.25) is 0 Å². The van der Waals surface area contributed by atoms with Gasteiger partial charge in [-0.1, -0.05) is 12.2 Å². The van der Waals surface area contributed by atoms with Crippen LogP contribution in [0.4, 0.5) is 0 Å². The Hall–Kier alpha value is -2.19. The molecular formula is C19H28O8. The summed E-state index contributed by atoms with van der Waals surface area (Å²) >= 11 is 0. The molecule has 0 aromatic carbocycles. The number of hydrogen-bond acceptors (Lipinski definition) is 8. The van der Waals surface area contributed by atoms with E-state index >= 15 is 0 Å². The molecule has 1 aliphatic rings. The molecule has 1 heterocycles. The Morgan fingerprint density at radius 3 is 2.15 bits per heavy atom. The fraction of sp³-hybridized carbons (Fsp3) is 0.632. The van der Waals surface area contributed by atoms with Crippen LogP contribution in [0, 0.1) is 0 Å². The molecule has 5 atom stereocenters. The lowest BCUT2D eigenvalue weighted by molar-refractivity contribution is -0.287. The first-order valence-corrected chi connectivity index (χ1v) is 8.80. The first-order chi connectivity index (χ1) is 12.8. The van der Waals surface area contributed by atoms with Crippen LogP contribution < -0.4 is 0 Å². The second kappa shape index (κ2) is 11.5. The van der Waals surface area contributed by atoms with Crippen LogP contribution in [0.1, 0.15) is 40.0 Å². The molecule has 0 aromatic heterocycles. The highest BCUT2D eigenvalue weighted by molar-refractivity contribution is 5.68. The predicted octanol–water partition coefficient (Wildman–Crippen LogP) is 2.07. The Morgan fingerprint density at radius 1 is 1.04 bits per heavy atom. The maximum absolute atomic E-state index is 11.6. The summed E-state index contributed by atoms with van der Waals surface area (Å²) in [6.07, 6.45) is 1.31. The molecule has 0 amide bonds. The number of rotatable bonds is 10. The standard InChI is InChI=1S/C19H28O8/c1-6-8-9-10-15(7-2)27-19-18(26-14(5)22)17(25-13(4)21)16(11-23-19)24-12(3)20/h6-7,15-19H,1-2,8-11H2,3-5H3/t15?,16-,17+,18-,19-/m1/s1. The molecule has 1 aliphatic heterocycles. The third-order valence-electron chi connectivity index (χ3n) is 3.77. The second-order valence-electron chi connectivity index (χ2n) is 6.13. The first kappa shape index (κ1) is 22.9. The van der Waals surface area contributed by atoms with Crippen molar-refractivity contribution in [3.05, 3.63) is 25.3 Å². The molecule has 0 aromatic rings. The topological polar surface area (TPSA) is 97.4 Å². The normalized spacial score (nSPS) is 25.7. The molecule has 27 heavy (non-hydrogen) atoms. The third kappa shape index (κ3) is 7.92. The van der Waals surface area contributed by atoms with Crippen LogP contribution >= 0.6 is 0 Å². The average molecular weight is 384 g/mol. The summed E-state index contributed by atoms with van der Waals surface area (Å²) in [5.74, 6) is -1.80. The summed E-state index contributed by atoms with van der Waals surface area (Å²) in [6.45, 7) is 11.0. The van der Waals surface area contributed by atoms with E-state index in [4.69, 9.17) is 23.7 Å². The van der Waals surface area contributed by atoms with Gasteiger partial charge in [-0.25, -0.2) is 0 Å². The van der Waals surface area contributed by atoms with E-state index in [0.717, 1.165) is 12.8 Å². The Labute approximate surface area is 159 Å². The van der Waals surface area contributed by atoms with Gasteiger partial charge in [0, 0.05) is 20.8 Å². The Morgan fingerprint density at radius 2 is 1.63 bits per heavy atom. The van der Waals surface area contributed by atoms with Crippen molar-refractivity contribution in [1.29, 1.82) is 0 Å². The molecule has 0 radical (unpaired) electrons. The van der Waals surface area contributed by atoms with Crippen LogP contribution in [-0.2, 0) is 38.1 Å². The molecule has 0 saturated carbocycles. The van der Waals surface area contributed by atoms with Crippen LogP contribution in [0.15, 0.2) is 25.3 Å². The molecule has 0 bridgehead atoms. The summed E-state index contributed by atoms with van der Waals surface area (Å²) in [5.41, 5.74) is 0.